The first-order chi connectivity index (χ1) is 9.36. The van der Waals surface area contributed by atoms with Gasteiger partial charge in [-0.15, -0.1) is 11.3 Å². The lowest BCUT2D eigenvalue weighted by Crippen LogP contribution is -2.59. The van der Waals surface area contributed by atoms with E-state index < -0.39 is 23.4 Å². The summed E-state index contributed by atoms with van der Waals surface area (Å²) < 4.78 is 0. The molecule has 2 heterocycles. The molecule has 0 aromatic carbocycles. The number of barbiturate groups is 1. The highest BCUT2D eigenvalue weighted by Gasteiger charge is 2.63. The fourth-order valence-corrected chi connectivity index (χ4v) is 3.64. The highest BCUT2D eigenvalue weighted by atomic mass is 32.1. The number of thiazole rings is 1. The van der Waals surface area contributed by atoms with E-state index in [9.17, 15) is 14.4 Å². The van der Waals surface area contributed by atoms with Gasteiger partial charge >= 0.3 is 6.03 Å². The lowest BCUT2D eigenvalue weighted by atomic mass is 10.0. The summed E-state index contributed by atoms with van der Waals surface area (Å²) in [5, 5.41) is 3.20. The Kier molecular flexibility index (Phi) is 2.72. The Balaban J connectivity index is 1.96. The van der Waals surface area contributed by atoms with Crippen molar-refractivity contribution in [3.05, 3.63) is 15.6 Å². The first kappa shape index (κ1) is 13.2. The van der Waals surface area contributed by atoms with Gasteiger partial charge in [0.1, 0.15) is 5.41 Å². The van der Waals surface area contributed by atoms with Gasteiger partial charge < -0.3 is 0 Å². The number of nitrogens with one attached hydrogen (secondary N) is 1. The molecule has 1 spiro atoms. The topological polar surface area (TPSA) is 79.4 Å². The number of urea groups is 1. The summed E-state index contributed by atoms with van der Waals surface area (Å²) in [6.07, 6.45) is 1.05. The van der Waals surface area contributed by atoms with E-state index in [0.717, 1.165) is 15.6 Å². The molecule has 20 heavy (non-hydrogen) atoms. The molecule has 0 radical (unpaired) electrons. The second-order valence-electron chi connectivity index (χ2n) is 5.38. The molecule has 1 aliphatic carbocycles. The van der Waals surface area contributed by atoms with Gasteiger partial charge in [0.15, 0.2) is 0 Å². The van der Waals surface area contributed by atoms with Crippen LogP contribution in [0, 0.1) is 19.3 Å². The molecular weight excluding hydrogens is 278 g/mol. The van der Waals surface area contributed by atoms with E-state index in [1.807, 2.05) is 13.8 Å². The van der Waals surface area contributed by atoms with E-state index in [2.05, 4.69) is 10.3 Å². The molecule has 1 atom stereocenters. The Morgan fingerprint density at radius 1 is 1.30 bits per heavy atom. The number of aromatic nitrogens is 1. The number of amides is 4. The fraction of sp³-hybridized carbons (Fsp3) is 0.538. The van der Waals surface area contributed by atoms with E-state index in [4.69, 9.17) is 0 Å². The highest BCUT2D eigenvalue weighted by Crippen LogP contribution is 2.50. The minimum Gasteiger partial charge on any atom is -0.277 e. The molecular formula is C13H15N3O3S. The maximum Gasteiger partial charge on any atom is 0.331 e. The number of imide groups is 2. The summed E-state index contributed by atoms with van der Waals surface area (Å²) in [5.41, 5.74) is -0.169. The van der Waals surface area contributed by atoms with Gasteiger partial charge in [-0.05, 0) is 33.6 Å². The lowest BCUT2D eigenvalue weighted by Gasteiger charge is -2.34. The molecule has 0 bridgehead atoms. The number of carbonyl (C=O) groups is 3. The van der Waals surface area contributed by atoms with Crippen molar-refractivity contribution in [1.82, 2.24) is 15.2 Å². The monoisotopic (exact) mass is 293 g/mol. The molecule has 1 N–H and O–H groups in total. The highest BCUT2D eigenvalue weighted by molar-refractivity contribution is 7.11. The molecule has 3 rings (SSSR count). The van der Waals surface area contributed by atoms with Crippen LogP contribution in [0.5, 0.6) is 0 Å². The minimum absolute atomic E-state index is 0.371. The molecule has 2 fully saturated rings. The largest absolute Gasteiger partial charge is 0.331 e. The Morgan fingerprint density at radius 2 is 1.95 bits per heavy atom. The van der Waals surface area contributed by atoms with Crippen molar-refractivity contribution in [2.24, 2.45) is 5.41 Å². The Hall–Kier alpha value is -1.76. The van der Waals surface area contributed by atoms with Crippen LogP contribution in [-0.4, -0.2) is 27.7 Å². The second kappa shape index (κ2) is 4.12. The van der Waals surface area contributed by atoms with Crippen LogP contribution in [0.3, 0.4) is 0 Å². The number of carbonyl (C=O) groups excluding carboxylic acids is 3. The van der Waals surface area contributed by atoms with Gasteiger partial charge in [-0.2, -0.15) is 0 Å². The fourth-order valence-electron chi connectivity index (χ4n) is 2.67. The van der Waals surface area contributed by atoms with E-state index >= 15 is 0 Å². The van der Waals surface area contributed by atoms with Crippen LogP contribution < -0.4 is 5.32 Å². The molecule has 1 aromatic heterocycles. The number of nitrogens with zero attached hydrogens (tertiary/aromatic N) is 2. The maximum atomic E-state index is 12.5. The van der Waals surface area contributed by atoms with Crippen molar-refractivity contribution in [3.8, 4) is 0 Å². The van der Waals surface area contributed by atoms with E-state index in [-0.39, 0.29) is 5.91 Å². The summed E-state index contributed by atoms with van der Waals surface area (Å²) in [5.74, 6) is -0.822. The first-order valence-electron chi connectivity index (χ1n) is 6.50. The number of aryl methyl sites for hydroxylation is 2. The zero-order chi connectivity index (χ0) is 14.7. The van der Waals surface area contributed by atoms with E-state index in [0.29, 0.717) is 12.8 Å². The van der Waals surface area contributed by atoms with Crippen molar-refractivity contribution < 1.29 is 14.4 Å². The molecule has 2 aliphatic rings. The zero-order valence-electron chi connectivity index (χ0n) is 11.5. The predicted octanol–water partition coefficient (Wildman–Crippen LogP) is 1.68. The summed E-state index contributed by atoms with van der Waals surface area (Å²) >= 11 is 1.47. The third kappa shape index (κ3) is 1.69. The maximum absolute atomic E-state index is 12.5. The third-order valence-corrected chi connectivity index (χ3v) is 5.20. The van der Waals surface area contributed by atoms with Gasteiger partial charge in [-0.1, -0.05) is 0 Å². The third-order valence-electron chi connectivity index (χ3n) is 3.96. The second-order valence-corrected chi connectivity index (χ2v) is 6.61. The SMILES string of the molecule is Cc1nc(C)c(C(C)N2C(=O)NC(=O)C3(CC3)C2=O)s1. The Labute approximate surface area is 120 Å². The number of hydrogen-bond donors (Lipinski definition) is 1. The average Bonchev–Trinajstić information content (AvgIpc) is 3.09. The van der Waals surface area contributed by atoms with Crippen molar-refractivity contribution in [1.29, 1.82) is 0 Å². The van der Waals surface area contributed by atoms with Crippen LogP contribution in [-0.2, 0) is 9.59 Å². The molecule has 4 amide bonds. The molecule has 1 saturated carbocycles. The van der Waals surface area contributed by atoms with Gasteiger partial charge in [0.05, 0.1) is 21.6 Å². The molecule has 1 aliphatic heterocycles. The van der Waals surface area contributed by atoms with Crippen LogP contribution >= 0.6 is 11.3 Å². The summed E-state index contributed by atoms with van der Waals surface area (Å²) in [6.45, 7) is 5.54. The summed E-state index contributed by atoms with van der Waals surface area (Å²) in [6, 6.07) is -1.03. The summed E-state index contributed by atoms with van der Waals surface area (Å²) in [4.78, 5) is 42.7. The zero-order valence-corrected chi connectivity index (χ0v) is 12.3. The molecule has 1 aromatic rings. The van der Waals surface area contributed by atoms with Crippen LogP contribution in [0.2, 0.25) is 0 Å². The Bertz CT molecular complexity index is 633. The van der Waals surface area contributed by atoms with Gasteiger partial charge in [-0.25, -0.2) is 9.78 Å². The summed E-state index contributed by atoms with van der Waals surface area (Å²) in [7, 11) is 0. The molecule has 1 unspecified atom stereocenters. The van der Waals surface area contributed by atoms with E-state index in [1.54, 1.807) is 6.92 Å². The van der Waals surface area contributed by atoms with Gasteiger partial charge in [-0.3, -0.25) is 19.8 Å². The standard InChI is InChI=1S/C13H15N3O3S/c1-6-9(20-8(3)14-6)7(2)16-11(18)13(4-5-13)10(17)15-12(16)19/h7H,4-5H2,1-3H3,(H,15,17,19). The van der Waals surface area contributed by atoms with Crippen LogP contribution in [0.25, 0.3) is 0 Å². The number of hydrogen-bond acceptors (Lipinski definition) is 5. The van der Waals surface area contributed by atoms with Crippen molar-refractivity contribution in [2.45, 2.75) is 39.7 Å². The van der Waals surface area contributed by atoms with Crippen molar-refractivity contribution in [3.63, 3.8) is 0 Å². The van der Waals surface area contributed by atoms with Crippen molar-refractivity contribution >= 4 is 29.2 Å². The smallest absolute Gasteiger partial charge is 0.277 e. The lowest BCUT2D eigenvalue weighted by molar-refractivity contribution is -0.146. The predicted molar refractivity (Wildman–Crippen MR) is 72.1 cm³/mol. The van der Waals surface area contributed by atoms with Gasteiger partial charge in [0.2, 0.25) is 11.8 Å². The molecule has 106 valence electrons. The molecule has 1 saturated heterocycles. The van der Waals surface area contributed by atoms with Crippen LogP contribution in [0.4, 0.5) is 4.79 Å². The van der Waals surface area contributed by atoms with Gasteiger partial charge in [0, 0.05) is 0 Å². The minimum atomic E-state index is -0.990. The van der Waals surface area contributed by atoms with Crippen LogP contribution in [0.15, 0.2) is 0 Å². The van der Waals surface area contributed by atoms with Gasteiger partial charge in [0.25, 0.3) is 0 Å². The quantitative estimate of drug-likeness (QED) is 0.841. The van der Waals surface area contributed by atoms with Crippen molar-refractivity contribution in [2.75, 3.05) is 0 Å². The normalized spacial score (nSPS) is 22.1. The number of rotatable bonds is 2. The first-order valence-corrected chi connectivity index (χ1v) is 7.31. The van der Waals surface area contributed by atoms with E-state index in [1.165, 1.54) is 16.2 Å². The van der Waals surface area contributed by atoms with Crippen LogP contribution in [0.1, 0.15) is 41.4 Å². The average molecular weight is 293 g/mol. The molecule has 7 heteroatoms. The molecule has 6 nitrogen and oxygen atoms in total. The Morgan fingerprint density at radius 3 is 2.45 bits per heavy atom.